The maximum Gasteiger partial charge on any atom is 0.247 e. The predicted molar refractivity (Wildman–Crippen MR) is 86.6 cm³/mol. The van der Waals surface area contributed by atoms with E-state index in [2.05, 4.69) is 15.0 Å². The van der Waals surface area contributed by atoms with Crippen LogP contribution in [0.2, 0.25) is 0 Å². The first-order chi connectivity index (χ1) is 11.2. The van der Waals surface area contributed by atoms with Gasteiger partial charge in [-0.05, 0) is 12.5 Å². The highest BCUT2D eigenvalue weighted by atomic mass is 16.2. The molecule has 1 aliphatic rings. The molecule has 0 aromatic carbocycles. The Labute approximate surface area is 136 Å². The second-order valence-electron chi connectivity index (χ2n) is 5.97. The summed E-state index contributed by atoms with van der Waals surface area (Å²) in [6.07, 6.45) is 8.13. The minimum atomic E-state index is -0.189. The molecule has 1 saturated heterocycles. The van der Waals surface area contributed by atoms with Crippen LogP contribution in [0.3, 0.4) is 0 Å². The van der Waals surface area contributed by atoms with Crippen LogP contribution >= 0.6 is 0 Å². The molecule has 0 N–H and O–H groups in total. The number of hydrogen-bond donors (Lipinski definition) is 0. The van der Waals surface area contributed by atoms with Crippen molar-refractivity contribution < 1.29 is 4.79 Å². The van der Waals surface area contributed by atoms with E-state index in [0.717, 1.165) is 45.0 Å². The molecule has 3 heterocycles. The van der Waals surface area contributed by atoms with Crippen molar-refractivity contribution in [3.63, 3.8) is 0 Å². The van der Waals surface area contributed by atoms with Crippen LogP contribution in [-0.2, 0) is 18.4 Å². The van der Waals surface area contributed by atoms with Gasteiger partial charge < -0.3 is 9.47 Å². The highest BCUT2D eigenvalue weighted by Crippen LogP contribution is 2.16. The third-order valence-corrected chi connectivity index (χ3v) is 4.49. The Morgan fingerprint density at radius 2 is 2.00 bits per heavy atom. The summed E-state index contributed by atoms with van der Waals surface area (Å²) in [5.41, 5.74) is 0. The molecule has 0 radical (unpaired) electrons. The van der Waals surface area contributed by atoms with Crippen molar-refractivity contribution in [2.75, 3.05) is 26.2 Å². The zero-order valence-corrected chi connectivity index (χ0v) is 13.8. The molecule has 1 amide bonds. The highest BCUT2D eigenvalue weighted by Gasteiger charge is 2.28. The van der Waals surface area contributed by atoms with Gasteiger partial charge in [0.15, 0.2) is 0 Å². The molecular formula is C16H24N6O. The average Bonchev–Trinajstić information content (AvgIpc) is 3.22. The average molecular weight is 316 g/mol. The second kappa shape index (κ2) is 6.95. The maximum absolute atomic E-state index is 12.7. The van der Waals surface area contributed by atoms with Crippen LogP contribution in [0, 0.1) is 0 Å². The van der Waals surface area contributed by atoms with E-state index in [0.29, 0.717) is 0 Å². The molecule has 7 heteroatoms. The van der Waals surface area contributed by atoms with Gasteiger partial charge in [-0.3, -0.25) is 14.4 Å². The molecule has 3 rings (SSSR count). The number of carbonyl (C=O) groups excluding carboxylic acids is 1. The Kier molecular flexibility index (Phi) is 4.76. The molecule has 0 saturated carbocycles. The summed E-state index contributed by atoms with van der Waals surface area (Å²) in [6, 6.07) is 1.67. The summed E-state index contributed by atoms with van der Waals surface area (Å²) in [7, 11) is 2.01. The molecule has 0 spiro atoms. The summed E-state index contributed by atoms with van der Waals surface area (Å²) in [5.74, 6) is 1.24. The van der Waals surface area contributed by atoms with E-state index in [-0.39, 0.29) is 11.9 Å². The van der Waals surface area contributed by atoms with E-state index in [1.54, 1.807) is 10.9 Å². The quantitative estimate of drug-likeness (QED) is 0.823. The first-order valence-corrected chi connectivity index (χ1v) is 8.15. The van der Waals surface area contributed by atoms with E-state index in [9.17, 15) is 4.79 Å². The maximum atomic E-state index is 12.7. The van der Waals surface area contributed by atoms with Gasteiger partial charge >= 0.3 is 0 Å². The summed E-state index contributed by atoms with van der Waals surface area (Å²) in [6.45, 7) is 6.16. The lowest BCUT2D eigenvalue weighted by atomic mass is 10.2. The Morgan fingerprint density at radius 1 is 1.22 bits per heavy atom. The molecule has 1 aliphatic heterocycles. The Balaban J connectivity index is 1.56. The van der Waals surface area contributed by atoms with E-state index in [4.69, 9.17) is 0 Å². The van der Waals surface area contributed by atoms with Gasteiger partial charge in [-0.15, -0.1) is 0 Å². The van der Waals surface area contributed by atoms with Gasteiger partial charge in [-0.25, -0.2) is 4.98 Å². The summed E-state index contributed by atoms with van der Waals surface area (Å²) in [5, 5.41) is 4.23. The van der Waals surface area contributed by atoms with Crippen molar-refractivity contribution in [3.05, 3.63) is 36.7 Å². The van der Waals surface area contributed by atoms with Crippen LogP contribution in [-0.4, -0.2) is 61.2 Å². The van der Waals surface area contributed by atoms with Crippen LogP contribution in [0.5, 0.6) is 0 Å². The number of aromatic nitrogens is 4. The number of nitrogens with zero attached hydrogens (tertiary/aromatic N) is 6. The lowest BCUT2D eigenvalue weighted by Crippen LogP contribution is -2.50. The topological polar surface area (TPSA) is 59.2 Å². The van der Waals surface area contributed by atoms with Gasteiger partial charge in [0, 0.05) is 58.0 Å². The van der Waals surface area contributed by atoms with E-state index in [1.807, 2.05) is 48.1 Å². The molecular weight excluding hydrogens is 292 g/mol. The summed E-state index contributed by atoms with van der Waals surface area (Å²) >= 11 is 0. The summed E-state index contributed by atoms with van der Waals surface area (Å²) in [4.78, 5) is 21.4. The third kappa shape index (κ3) is 3.44. The van der Waals surface area contributed by atoms with Crippen LogP contribution in [0.25, 0.3) is 0 Å². The molecule has 7 nitrogen and oxygen atoms in total. The van der Waals surface area contributed by atoms with Gasteiger partial charge in [-0.1, -0.05) is 6.92 Å². The SMILES string of the molecule is CC[C@@H](C(=O)N1CCN(Cc2nccn2C)CC1)n1cccn1. The first kappa shape index (κ1) is 15.7. The lowest BCUT2D eigenvalue weighted by Gasteiger charge is -2.36. The Morgan fingerprint density at radius 3 is 2.57 bits per heavy atom. The number of carbonyl (C=O) groups is 1. The second-order valence-corrected chi connectivity index (χ2v) is 5.97. The van der Waals surface area contributed by atoms with Gasteiger partial charge in [0.05, 0.1) is 6.54 Å². The predicted octanol–water partition coefficient (Wildman–Crippen LogP) is 0.912. The number of imidazole rings is 1. The molecule has 124 valence electrons. The fourth-order valence-electron chi connectivity index (χ4n) is 3.03. The zero-order chi connectivity index (χ0) is 16.2. The van der Waals surface area contributed by atoms with Crippen molar-refractivity contribution in [2.45, 2.75) is 25.9 Å². The van der Waals surface area contributed by atoms with E-state index >= 15 is 0 Å². The van der Waals surface area contributed by atoms with Gasteiger partial charge in [-0.2, -0.15) is 5.10 Å². The van der Waals surface area contributed by atoms with Crippen molar-refractivity contribution in [2.24, 2.45) is 7.05 Å². The van der Waals surface area contributed by atoms with Gasteiger partial charge in [0.25, 0.3) is 0 Å². The van der Waals surface area contributed by atoms with Crippen LogP contribution < -0.4 is 0 Å². The molecule has 1 fully saturated rings. The number of aryl methyl sites for hydroxylation is 1. The molecule has 0 aliphatic carbocycles. The van der Waals surface area contributed by atoms with Crippen molar-refractivity contribution in [3.8, 4) is 0 Å². The number of rotatable bonds is 5. The van der Waals surface area contributed by atoms with E-state index < -0.39 is 0 Å². The normalized spacial score (nSPS) is 17.4. The lowest BCUT2D eigenvalue weighted by molar-refractivity contribution is -0.137. The number of piperazine rings is 1. The highest BCUT2D eigenvalue weighted by molar-refractivity contribution is 5.80. The van der Waals surface area contributed by atoms with Gasteiger partial charge in [0.1, 0.15) is 11.9 Å². The molecule has 2 aromatic rings. The zero-order valence-electron chi connectivity index (χ0n) is 13.8. The Bertz CT molecular complexity index is 627. The number of amides is 1. The van der Waals surface area contributed by atoms with Crippen LogP contribution in [0.1, 0.15) is 25.2 Å². The monoisotopic (exact) mass is 316 g/mol. The van der Waals surface area contributed by atoms with Crippen molar-refractivity contribution in [1.29, 1.82) is 0 Å². The third-order valence-electron chi connectivity index (χ3n) is 4.49. The van der Waals surface area contributed by atoms with Crippen LogP contribution in [0.15, 0.2) is 30.9 Å². The summed E-state index contributed by atoms with van der Waals surface area (Å²) < 4.78 is 3.81. The smallest absolute Gasteiger partial charge is 0.247 e. The van der Waals surface area contributed by atoms with E-state index in [1.165, 1.54) is 0 Å². The van der Waals surface area contributed by atoms with Crippen molar-refractivity contribution >= 4 is 5.91 Å². The number of hydrogen-bond acceptors (Lipinski definition) is 4. The molecule has 2 aromatic heterocycles. The van der Waals surface area contributed by atoms with Crippen LogP contribution in [0.4, 0.5) is 0 Å². The largest absolute Gasteiger partial charge is 0.338 e. The fourth-order valence-corrected chi connectivity index (χ4v) is 3.03. The van der Waals surface area contributed by atoms with Gasteiger partial charge in [0.2, 0.25) is 5.91 Å². The standard InChI is InChI=1S/C16H24N6O/c1-3-14(22-7-4-5-18-22)16(23)21-11-9-20(10-12-21)13-15-17-6-8-19(15)2/h4-8,14H,3,9-13H2,1-2H3/t14-/m0/s1. The Hall–Kier alpha value is -2.15. The fraction of sp³-hybridized carbons (Fsp3) is 0.562. The minimum absolute atomic E-state index is 0.174. The van der Waals surface area contributed by atoms with Crippen molar-refractivity contribution in [1.82, 2.24) is 29.1 Å². The molecule has 0 bridgehead atoms. The molecule has 1 atom stereocenters. The first-order valence-electron chi connectivity index (χ1n) is 8.15. The molecule has 0 unspecified atom stereocenters. The minimum Gasteiger partial charge on any atom is -0.338 e. The molecule has 23 heavy (non-hydrogen) atoms.